The first kappa shape index (κ1) is 16.6. The summed E-state index contributed by atoms with van der Waals surface area (Å²) in [5.41, 5.74) is 3.87. The highest BCUT2D eigenvalue weighted by atomic mass is 19.1. The number of hydrogen-bond donors (Lipinski definition) is 2. The van der Waals surface area contributed by atoms with E-state index in [4.69, 9.17) is 0 Å². The van der Waals surface area contributed by atoms with Gasteiger partial charge in [0, 0.05) is 11.4 Å². The first-order valence-electron chi connectivity index (χ1n) is 7.74. The fraction of sp³-hybridized carbons (Fsp3) is 0.105. The Bertz CT molecular complexity index is 892. The second-order valence-corrected chi connectivity index (χ2v) is 5.67. The van der Waals surface area contributed by atoms with Crippen LogP contribution in [0.15, 0.2) is 54.9 Å². The minimum absolute atomic E-state index is 0.211. The van der Waals surface area contributed by atoms with Gasteiger partial charge in [-0.2, -0.15) is 0 Å². The van der Waals surface area contributed by atoms with Gasteiger partial charge in [0.2, 0.25) is 0 Å². The maximum absolute atomic E-state index is 12.9. The van der Waals surface area contributed by atoms with Gasteiger partial charge in [0.15, 0.2) is 0 Å². The molecule has 6 heteroatoms. The standard InChI is InChI=1S/C19H17FN4O/c1-12-3-6-16(9-13(12)2)24-19(25)17-10-22-18(11-21-17)23-15-7-4-14(20)5-8-15/h3-11H,1-2H3,(H,22,23)(H,24,25). The van der Waals surface area contributed by atoms with Gasteiger partial charge < -0.3 is 10.6 Å². The van der Waals surface area contributed by atoms with Crippen LogP contribution in [0.5, 0.6) is 0 Å². The lowest BCUT2D eigenvalue weighted by Gasteiger charge is -2.08. The lowest BCUT2D eigenvalue weighted by molar-refractivity contribution is 0.102. The number of halogens is 1. The number of rotatable bonds is 4. The predicted octanol–water partition coefficient (Wildman–Crippen LogP) is 4.23. The Kier molecular flexibility index (Phi) is 4.70. The van der Waals surface area contributed by atoms with Crippen molar-refractivity contribution in [3.05, 3.63) is 77.5 Å². The van der Waals surface area contributed by atoms with Crippen molar-refractivity contribution >= 4 is 23.1 Å². The summed E-state index contributed by atoms with van der Waals surface area (Å²) in [5.74, 6) is -0.173. The molecular weight excluding hydrogens is 319 g/mol. The molecule has 0 saturated carbocycles. The number of carbonyl (C=O) groups excluding carboxylic acids is 1. The fourth-order valence-corrected chi connectivity index (χ4v) is 2.21. The number of carbonyl (C=O) groups is 1. The highest BCUT2D eigenvalue weighted by Gasteiger charge is 2.09. The van der Waals surface area contributed by atoms with E-state index in [1.54, 1.807) is 12.1 Å². The SMILES string of the molecule is Cc1ccc(NC(=O)c2cnc(Nc3ccc(F)cc3)cn2)cc1C. The zero-order valence-corrected chi connectivity index (χ0v) is 13.9. The molecule has 0 spiro atoms. The molecule has 3 aromatic rings. The lowest BCUT2D eigenvalue weighted by Crippen LogP contribution is -2.14. The predicted molar refractivity (Wildman–Crippen MR) is 95.6 cm³/mol. The highest BCUT2D eigenvalue weighted by molar-refractivity contribution is 6.02. The van der Waals surface area contributed by atoms with Gasteiger partial charge in [0.25, 0.3) is 5.91 Å². The van der Waals surface area contributed by atoms with Gasteiger partial charge >= 0.3 is 0 Å². The van der Waals surface area contributed by atoms with E-state index in [0.29, 0.717) is 17.2 Å². The largest absolute Gasteiger partial charge is 0.339 e. The molecule has 3 rings (SSSR count). The van der Waals surface area contributed by atoms with Crippen molar-refractivity contribution in [2.45, 2.75) is 13.8 Å². The summed E-state index contributed by atoms with van der Waals surface area (Å²) in [5, 5.41) is 5.79. The van der Waals surface area contributed by atoms with Crippen molar-refractivity contribution in [2.24, 2.45) is 0 Å². The van der Waals surface area contributed by atoms with E-state index in [1.807, 2.05) is 32.0 Å². The molecule has 1 heterocycles. The smallest absolute Gasteiger partial charge is 0.275 e. The van der Waals surface area contributed by atoms with Crippen molar-refractivity contribution in [2.75, 3.05) is 10.6 Å². The van der Waals surface area contributed by atoms with Gasteiger partial charge in [-0.3, -0.25) is 4.79 Å². The van der Waals surface area contributed by atoms with Crippen LogP contribution in [0.2, 0.25) is 0 Å². The molecule has 25 heavy (non-hydrogen) atoms. The molecule has 2 N–H and O–H groups in total. The quantitative estimate of drug-likeness (QED) is 0.748. The maximum Gasteiger partial charge on any atom is 0.275 e. The van der Waals surface area contributed by atoms with Crippen LogP contribution in [-0.4, -0.2) is 15.9 Å². The normalized spacial score (nSPS) is 10.4. The fourth-order valence-electron chi connectivity index (χ4n) is 2.21. The van der Waals surface area contributed by atoms with Gasteiger partial charge in [0.05, 0.1) is 12.4 Å². The Morgan fingerprint density at radius 1 is 0.920 bits per heavy atom. The number of nitrogens with zero attached hydrogens (tertiary/aromatic N) is 2. The molecule has 0 bridgehead atoms. The van der Waals surface area contributed by atoms with Crippen molar-refractivity contribution in [3.8, 4) is 0 Å². The van der Waals surface area contributed by atoms with Crippen molar-refractivity contribution in [1.82, 2.24) is 9.97 Å². The second-order valence-electron chi connectivity index (χ2n) is 5.67. The number of nitrogens with one attached hydrogen (secondary N) is 2. The Hall–Kier alpha value is -3.28. The second kappa shape index (κ2) is 7.09. The molecule has 5 nitrogen and oxygen atoms in total. The van der Waals surface area contributed by atoms with Crippen LogP contribution in [0.3, 0.4) is 0 Å². The molecule has 0 saturated heterocycles. The summed E-state index contributed by atoms with van der Waals surface area (Å²) < 4.78 is 12.9. The zero-order valence-electron chi connectivity index (χ0n) is 13.9. The summed E-state index contributed by atoms with van der Waals surface area (Å²) in [7, 11) is 0. The highest BCUT2D eigenvalue weighted by Crippen LogP contribution is 2.16. The Labute approximate surface area is 145 Å². The van der Waals surface area contributed by atoms with E-state index in [2.05, 4.69) is 20.6 Å². The van der Waals surface area contributed by atoms with E-state index < -0.39 is 0 Å². The first-order valence-corrected chi connectivity index (χ1v) is 7.74. The number of aryl methyl sites for hydroxylation is 2. The van der Waals surface area contributed by atoms with Crippen molar-refractivity contribution < 1.29 is 9.18 Å². The third kappa shape index (κ3) is 4.17. The summed E-state index contributed by atoms with van der Waals surface area (Å²) in [4.78, 5) is 20.5. The van der Waals surface area contributed by atoms with E-state index in [9.17, 15) is 9.18 Å². The Balaban J connectivity index is 1.67. The van der Waals surface area contributed by atoms with Crippen molar-refractivity contribution in [1.29, 1.82) is 0 Å². The van der Waals surface area contributed by atoms with Gasteiger partial charge in [-0.1, -0.05) is 6.07 Å². The molecule has 0 radical (unpaired) electrons. The molecule has 126 valence electrons. The van der Waals surface area contributed by atoms with Crippen LogP contribution in [0.4, 0.5) is 21.6 Å². The maximum atomic E-state index is 12.9. The van der Waals surface area contributed by atoms with Gasteiger partial charge in [-0.25, -0.2) is 14.4 Å². The van der Waals surface area contributed by atoms with Crippen LogP contribution in [-0.2, 0) is 0 Å². The third-order valence-electron chi connectivity index (χ3n) is 3.77. The van der Waals surface area contributed by atoms with Crippen LogP contribution in [0, 0.1) is 19.7 Å². The Morgan fingerprint density at radius 3 is 2.28 bits per heavy atom. The number of benzene rings is 2. The van der Waals surface area contributed by atoms with Crippen LogP contribution in [0.1, 0.15) is 21.6 Å². The molecule has 0 unspecified atom stereocenters. The molecule has 1 amide bonds. The average Bonchev–Trinajstić information content (AvgIpc) is 2.61. The zero-order chi connectivity index (χ0) is 17.8. The van der Waals surface area contributed by atoms with Crippen molar-refractivity contribution in [3.63, 3.8) is 0 Å². The molecule has 0 aliphatic carbocycles. The molecular formula is C19H17FN4O. The minimum atomic E-state index is -0.330. The van der Waals surface area contributed by atoms with E-state index in [1.165, 1.54) is 24.5 Å². The van der Waals surface area contributed by atoms with E-state index in [0.717, 1.165) is 11.1 Å². The molecule has 1 aromatic heterocycles. The molecule has 0 fully saturated rings. The van der Waals surface area contributed by atoms with Crippen LogP contribution >= 0.6 is 0 Å². The third-order valence-corrected chi connectivity index (χ3v) is 3.77. The van der Waals surface area contributed by atoms with Gasteiger partial charge in [0.1, 0.15) is 17.3 Å². The molecule has 0 aliphatic heterocycles. The topological polar surface area (TPSA) is 66.9 Å². The first-order chi connectivity index (χ1) is 12.0. The number of aromatic nitrogens is 2. The summed E-state index contributed by atoms with van der Waals surface area (Å²) in [6, 6.07) is 11.6. The molecule has 0 atom stereocenters. The van der Waals surface area contributed by atoms with Gasteiger partial charge in [-0.05, 0) is 61.4 Å². The number of amides is 1. The number of hydrogen-bond acceptors (Lipinski definition) is 4. The van der Waals surface area contributed by atoms with Crippen LogP contribution < -0.4 is 10.6 Å². The number of anilines is 3. The summed E-state index contributed by atoms with van der Waals surface area (Å²) >= 11 is 0. The van der Waals surface area contributed by atoms with Crippen LogP contribution in [0.25, 0.3) is 0 Å². The average molecular weight is 336 g/mol. The summed E-state index contributed by atoms with van der Waals surface area (Å²) in [6.07, 6.45) is 2.85. The summed E-state index contributed by atoms with van der Waals surface area (Å²) in [6.45, 7) is 4.00. The molecule has 2 aromatic carbocycles. The molecule has 0 aliphatic rings. The monoisotopic (exact) mass is 336 g/mol. The van der Waals surface area contributed by atoms with Gasteiger partial charge in [-0.15, -0.1) is 0 Å². The van der Waals surface area contributed by atoms with E-state index in [-0.39, 0.29) is 17.4 Å². The van der Waals surface area contributed by atoms with E-state index >= 15 is 0 Å². The Morgan fingerprint density at radius 2 is 1.64 bits per heavy atom. The minimum Gasteiger partial charge on any atom is -0.339 e. The lowest BCUT2D eigenvalue weighted by atomic mass is 10.1.